The molecule has 0 heterocycles. The SMILES string of the molecule is C=CCc1cc(CNCCCOC)cc(OC)c1OCC.Cl. The van der Waals surface area contributed by atoms with Gasteiger partial charge in [-0.25, -0.2) is 0 Å². The lowest BCUT2D eigenvalue weighted by Gasteiger charge is -2.16. The summed E-state index contributed by atoms with van der Waals surface area (Å²) >= 11 is 0. The molecule has 4 nitrogen and oxygen atoms in total. The van der Waals surface area contributed by atoms with Crippen molar-refractivity contribution in [3.63, 3.8) is 0 Å². The van der Waals surface area contributed by atoms with Gasteiger partial charge < -0.3 is 19.5 Å². The third-order valence-corrected chi connectivity index (χ3v) is 3.10. The number of halogens is 1. The number of ether oxygens (including phenoxy) is 3. The zero-order valence-electron chi connectivity index (χ0n) is 13.8. The molecule has 22 heavy (non-hydrogen) atoms. The normalized spacial score (nSPS) is 9.95. The predicted molar refractivity (Wildman–Crippen MR) is 93.5 cm³/mol. The van der Waals surface area contributed by atoms with Crippen LogP contribution in [-0.4, -0.2) is 34.0 Å². The lowest BCUT2D eigenvalue weighted by Crippen LogP contribution is -2.16. The van der Waals surface area contributed by atoms with Gasteiger partial charge in [-0.2, -0.15) is 0 Å². The van der Waals surface area contributed by atoms with Crippen LogP contribution in [0.3, 0.4) is 0 Å². The van der Waals surface area contributed by atoms with Gasteiger partial charge in [-0.15, -0.1) is 19.0 Å². The Kier molecular flexibility index (Phi) is 11.6. The Labute approximate surface area is 140 Å². The lowest BCUT2D eigenvalue weighted by atomic mass is 10.1. The summed E-state index contributed by atoms with van der Waals surface area (Å²) in [6.45, 7) is 8.92. The molecule has 0 aliphatic heterocycles. The van der Waals surface area contributed by atoms with Crippen molar-refractivity contribution in [3.05, 3.63) is 35.9 Å². The molecule has 126 valence electrons. The molecule has 1 rings (SSSR count). The maximum Gasteiger partial charge on any atom is 0.164 e. The van der Waals surface area contributed by atoms with Crippen LogP contribution in [-0.2, 0) is 17.7 Å². The predicted octanol–water partition coefficient (Wildman–Crippen LogP) is 3.37. The minimum absolute atomic E-state index is 0. The third kappa shape index (κ3) is 6.69. The van der Waals surface area contributed by atoms with Gasteiger partial charge in [0.25, 0.3) is 0 Å². The maximum atomic E-state index is 5.71. The molecule has 1 aromatic rings. The Hall–Kier alpha value is -1.23. The van der Waals surface area contributed by atoms with Crippen LogP contribution in [0.25, 0.3) is 0 Å². The van der Waals surface area contributed by atoms with E-state index < -0.39 is 0 Å². The van der Waals surface area contributed by atoms with Gasteiger partial charge in [-0.05, 0) is 37.9 Å². The number of hydrogen-bond donors (Lipinski definition) is 1. The second-order valence-corrected chi connectivity index (χ2v) is 4.74. The van der Waals surface area contributed by atoms with E-state index in [1.807, 2.05) is 19.1 Å². The topological polar surface area (TPSA) is 39.7 Å². The second-order valence-electron chi connectivity index (χ2n) is 4.74. The first-order chi connectivity index (χ1) is 10.3. The highest BCUT2D eigenvalue weighted by Gasteiger charge is 2.12. The zero-order chi connectivity index (χ0) is 15.5. The minimum atomic E-state index is 0. The van der Waals surface area contributed by atoms with Crippen LogP contribution in [0.2, 0.25) is 0 Å². The van der Waals surface area contributed by atoms with Crippen molar-refractivity contribution in [1.82, 2.24) is 5.32 Å². The monoisotopic (exact) mass is 329 g/mol. The highest BCUT2D eigenvalue weighted by atomic mass is 35.5. The Morgan fingerprint density at radius 1 is 1.27 bits per heavy atom. The van der Waals surface area contributed by atoms with E-state index in [1.165, 1.54) is 5.56 Å². The van der Waals surface area contributed by atoms with Crippen molar-refractivity contribution in [2.24, 2.45) is 0 Å². The highest BCUT2D eigenvalue weighted by Crippen LogP contribution is 2.33. The van der Waals surface area contributed by atoms with Crippen LogP contribution < -0.4 is 14.8 Å². The smallest absolute Gasteiger partial charge is 0.164 e. The minimum Gasteiger partial charge on any atom is -0.493 e. The highest BCUT2D eigenvalue weighted by molar-refractivity contribution is 5.85. The largest absolute Gasteiger partial charge is 0.493 e. The van der Waals surface area contributed by atoms with Crippen molar-refractivity contribution in [3.8, 4) is 11.5 Å². The maximum absolute atomic E-state index is 5.71. The molecule has 1 aromatic carbocycles. The fourth-order valence-electron chi connectivity index (χ4n) is 2.17. The van der Waals surface area contributed by atoms with E-state index >= 15 is 0 Å². The Morgan fingerprint density at radius 2 is 2.05 bits per heavy atom. The second kappa shape index (κ2) is 12.3. The first-order valence-corrected chi connectivity index (χ1v) is 7.39. The summed E-state index contributed by atoms with van der Waals surface area (Å²) in [6, 6.07) is 4.18. The van der Waals surface area contributed by atoms with Crippen LogP contribution in [0.4, 0.5) is 0 Å². The summed E-state index contributed by atoms with van der Waals surface area (Å²) in [4.78, 5) is 0. The van der Waals surface area contributed by atoms with E-state index in [-0.39, 0.29) is 12.4 Å². The molecular formula is C17H28ClNO3. The van der Waals surface area contributed by atoms with Gasteiger partial charge >= 0.3 is 0 Å². The summed E-state index contributed by atoms with van der Waals surface area (Å²) in [6.07, 6.45) is 3.65. The molecule has 0 spiro atoms. The number of methoxy groups -OCH3 is 2. The van der Waals surface area contributed by atoms with E-state index in [4.69, 9.17) is 14.2 Å². The fourth-order valence-corrected chi connectivity index (χ4v) is 2.17. The number of hydrogen-bond acceptors (Lipinski definition) is 4. The number of nitrogens with one attached hydrogen (secondary N) is 1. The van der Waals surface area contributed by atoms with Gasteiger partial charge in [0.2, 0.25) is 0 Å². The summed E-state index contributed by atoms with van der Waals surface area (Å²) in [5, 5.41) is 3.41. The van der Waals surface area contributed by atoms with E-state index in [0.717, 1.165) is 49.6 Å². The van der Waals surface area contributed by atoms with Gasteiger partial charge in [0.1, 0.15) is 0 Å². The van der Waals surface area contributed by atoms with E-state index in [9.17, 15) is 0 Å². The standard InChI is InChI=1S/C17H27NO3.ClH/c1-5-8-15-11-14(13-18-9-7-10-19-3)12-16(20-4)17(15)21-6-2;/h5,11-12,18H,1,6-10,13H2,2-4H3;1H. The molecule has 0 aliphatic rings. The van der Waals surface area contributed by atoms with Crippen molar-refractivity contribution >= 4 is 12.4 Å². The molecule has 0 amide bonds. The molecule has 0 aliphatic carbocycles. The number of benzene rings is 1. The van der Waals surface area contributed by atoms with E-state index in [2.05, 4.69) is 18.0 Å². The van der Waals surface area contributed by atoms with E-state index in [0.29, 0.717) is 6.61 Å². The van der Waals surface area contributed by atoms with Gasteiger partial charge in [0.15, 0.2) is 11.5 Å². The summed E-state index contributed by atoms with van der Waals surface area (Å²) in [5.41, 5.74) is 2.30. The Balaban J connectivity index is 0.00000441. The first-order valence-electron chi connectivity index (χ1n) is 7.39. The zero-order valence-corrected chi connectivity index (χ0v) is 14.6. The van der Waals surface area contributed by atoms with Gasteiger partial charge in [-0.3, -0.25) is 0 Å². The first kappa shape index (κ1) is 20.8. The van der Waals surface area contributed by atoms with Crippen molar-refractivity contribution in [1.29, 1.82) is 0 Å². The number of allylic oxidation sites excluding steroid dienone is 1. The van der Waals surface area contributed by atoms with E-state index in [1.54, 1.807) is 14.2 Å². The number of rotatable bonds is 11. The molecule has 0 fully saturated rings. The van der Waals surface area contributed by atoms with Crippen LogP contribution in [0, 0.1) is 0 Å². The van der Waals surface area contributed by atoms with Gasteiger partial charge in [-0.1, -0.05) is 12.1 Å². The molecular weight excluding hydrogens is 302 g/mol. The molecule has 1 N–H and O–H groups in total. The lowest BCUT2D eigenvalue weighted by molar-refractivity contribution is 0.194. The van der Waals surface area contributed by atoms with Crippen LogP contribution in [0.1, 0.15) is 24.5 Å². The van der Waals surface area contributed by atoms with Gasteiger partial charge in [0, 0.05) is 25.8 Å². The average molecular weight is 330 g/mol. The molecule has 0 aromatic heterocycles. The molecule has 0 saturated heterocycles. The van der Waals surface area contributed by atoms with Crippen LogP contribution in [0.5, 0.6) is 11.5 Å². The fraction of sp³-hybridized carbons (Fsp3) is 0.529. The summed E-state index contributed by atoms with van der Waals surface area (Å²) in [7, 11) is 3.39. The van der Waals surface area contributed by atoms with Crippen molar-refractivity contribution in [2.75, 3.05) is 34.0 Å². The van der Waals surface area contributed by atoms with Crippen LogP contribution >= 0.6 is 12.4 Å². The van der Waals surface area contributed by atoms with Gasteiger partial charge in [0.05, 0.1) is 13.7 Å². The summed E-state index contributed by atoms with van der Waals surface area (Å²) in [5.74, 6) is 1.60. The molecule has 0 bridgehead atoms. The molecule has 0 saturated carbocycles. The van der Waals surface area contributed by atoms with Crippen molar-refractivity contribution in [2.45, 2.75) is 26.3 Å². The average Bonchev–Trinajstić information content (AvgIpc) is 2.49. The summed E-state index contributed by atoms with van der Waals surface area (Å²) < 4.78 is 16.2. The van der Waals surface area contributed by atoms with Crippen molar-refractivity contribution < 1.29 is 14.2 Å². The molecule has 5 heteroatoms. The molecule has 0 unspecified atom stereocenters. The third-order valence-electron chi connectivity index (χ3n) is 3.10. The van der Waals surface area contributed by atoms with Crippen LogP contribution in [0.15, 0.2) is 24.8 Å². The Bertz CT molecular complexity index is 438. The quantitative estimate of drug-likeness (QED) is 0.499. The molecule has 0 radical (unpaired) electrons. The molecule has 0 atom stereocenters. The Morgan fingerprint density at radius 3 is 2.64 bits per heavy atom.